The van der Waals surface area contributed by atoms with Crippen LogP contribution < -0.4 is 20.9 Å². The highest BCUT2D eigenvalue weighted by Crippen LogP contribution is 2.17. The first-order valence-corrected chi connectivity index (χ1v) is 9.77. The van der Waals surface area contributed by atoms with E-state index >= 15 is 0 Å². The maximum Gasteiger partial charge on any atom is 0.258 e. The Labute approximate surface area is 181 Å². The van der Waals surface area contributed by atoms with E-state index in [9.17, 15) is 14.4 Å². The molecule has 0 aliphatic carbocycles. The van der Waals surface area contributed by atoms with Gasteiger partial charge in [-0.2, -0.15) is 0 Å². The standard InChI is InChI=1S/C24H24N4O3/c1-25-23(30)17-11-13-19(14-12-17)26-16-22(29)27-20-8-6-7-18(15-20)24(31)28(2)21-9-4-3-5-10-21/h3-15,26H,16H2,1-2H3,(H,25,30)(H,27,29). The van der Waals surface area contributed by atoms with Gasteiger partial charge in [0.15, 0.2) is 0 Å². The van der Waals surface area contributed by atoms with E-state index in [1.54, 1.807) is 67.5 Å². The molecule has 0 spiro atoms. The minimum atomic E-state index is -0.253. The predicted octanol–water partition coefficient (Wildman–Crippen LogP) is 3.37. The van der Waals surface area contributed by atoms with Crippen molar-refractivity contribution < 1.29 is 14.4 Å². The molecule has 0 aliphatic heterocycles. The van der Waals surface area contributed by atoms with Crippen LogP contribution in [0, 0.1) is 0 Å². The molecule has 0 fully saturated rings. The van der Waals surface area contributed by atoms with Gasteiger partial charge in [0.2, 0.25) is 5.91 Å². The molecule has 7 nitrogen and oxygen atoms in total. The molecule has 0 unspecified atom stereocenters. The number of hydrogen-bond donors (Lipinski definition) is 3. The van der Waals surface area contributed by atoms with Crippen molar-refractivity contribution in [2.45, 2.75) is 0 Å². The lowest BCUT2D eigenvalue weighted by atomic mass is 10.1. The molecule has 3 aromatic rings. The van der Waals surface area contributed by atoms with Gasteiger partial charge in [-0.15, -0.1) is 0 Å². The first-order valence-electron chi connectivity index (χ1n) is 9.77. The van der Waals surface area contributed by atoms with Gasteiger partial charge in [-0.25, -0.2) is 0 Å². The van der Waals surface area contributed by atoms with Crippen LogP contribution in [0.25, 0.3) is 0 Å². The van der Waals surface area contributed by atoms with E-state index in [-0.39, 0.29) is 24.3 Å². The molecule has 0 saturated carbocycles. The molecule has 158 valence electrons. The summed E-state index contributed by atoms with van der Waals surface area (Å²) in [5.74, 6) is -0.593. The summed E-state index contributed by atoms with van der Waals surface area (Å²) in [5.41, 5.74) is 3.06. The van der Waals surface area contributed by atoms with E-state index in [0.717, 1.165) is 11.4 Å². The largest absolute Gasteiger partial charge is 0.376 e. The summed E-state index contributed by atoms with van der Waals surface area (Å²) >= 11 is 0. The molecule has 0 heterocycles. The first kappa shape index (κ1) is 21.6. The second kappa shape index (κ2) is 10.1. The van der Waals surface area contributed by atoms with Gasteiger partial charge in [-0.05, 0) is 54.6 Å². The zero-order valence-corrected chi connectivity index (χ0v) is 17.4. The SMILES string of the molecule is CNC(=O)c1ccc(NCC(=O)Nc2cccc(C(=O)N(C)c3ccccc3)c2)cc1. The van der Waals surface area contributed by atoms with Gasteiger partial charge in [-0.1, -0.05) is 24.3 Å². The number of carbonyl (C=O) groups is 3. The Kier molecular flexibility index (Phi) is 7.01. The molecule has 3 N–H and O–H groups in total. The van der Waals surface area contributed by atoms with Crippen molar-refractivity contribution in [3.8, 4) is 0 Å². The summed E-state index contributed by atoms with van der Waals surface area (Å²) in [6.07, 6.45) is 0. The predicted molar refractivity (Wildman–Crippen MR) is 123 cm³/mol. The van der Waals surface area contributed by atoms with Gasteiger partial charge in [0, 0.05) is 42.3 Å². The lowest BCUT2D eigenvalue weighted by Gasteiger charge is -2.17. The van der Waals surface area contributed by atoms with Crippen LogP contribution in [-0.4, -0.2) is 38.4 Å². The highest BCUT2D eigenvalue weighted by atomic mass is 16.2. The monoisotopic (exact) mass is 416 g/mol. The van der Waals surface area contributed by atoms with Crippen LogP contribution >= 0.6 is 0 Å². The van der Waals surface area contributed by atoms with E-state index in [2.05, 4.69) is 16.0 Å². The molecular weight excluding hydrogens is 392 g/mol. The number of nitrogens with one attached hydrogen (secondary N) is 3. The molecule has 0 bridgehead atoms. The molecule has 3 amide bonds. The smallest absolute Gasteiger partial charge is 0.258 e. The molecule has 0 saturated heterocycles. The average Bonchev–Trinajstić information content (AvgIpc) is 2.82. The Morgan fingerprint density at radius 3 is 2.19 bits per heavy atom. The van der Waals surface area contributed by atoms with Crippen LogP contribution in [0.4, 0.5) is 17.1 Å². The summed E-state index contributed by atoms with van der Waals surface area (Å²) < 4.78 is 0. The van der Waals surface area contributed by atoms with Gasteiger partial charge in [0.25, 0.3) is 11.8 Å². The average molecular weight is 416 g/mol. The molecule has 0 aliphatic rings. The number of anilines is 3. The Balaban J connectivity index is 1.58. The lowest BCUT2D eigenvalue weighted by Crippen LogP contribution is -2.26. The second-order valence-corrected chi connectivity index (χ2v) is 6.84. The minimum Gasteiger partial charge on any atom is -0.376 e. The van der Waals surface area contributed by atoms with E-state index in [0.29, 0.717) is 16.8 Å². The molecule has 0 aromatic heterocycles. The first-order chi connectivity index (χ1) is 15.0. The van der Waals surface area contributed by atoms with Gasteiger partial charge in [-0.3, -0.25) is 14.4 Å². The van der Waals surface area contributed by atoms with E-state index < -0.39 is 0 Å². The minimum absolute atomic E-state index is 0.0431. The van der Waals surface area contributed by atoms with Crippen molar-refractivity contribution >= 4 is 34.8 Å². The molecule has 0 radical (unpaired) electrons. The highest BCUT2D eigenvalue weighted by molar-refractivity contribution is 6.06. The number of carbonyl (C=O) groups excluding carboxylic acids is 3. The van der Waals surface area contributed by atoms with Gasteiger partial charge in [0.1, 0.15) is 0 Å². The fourth-order valence-electron chi connectivity index (χ4n) is 2.96. The fraction of sp³-hybridized carbons (Fsp3) is 0.125. The highest BCUT2D eigenvalue weighted by Gasteiger charge is 2.14. The van der Waals surface area contributed by atoms with Gasteiger partial charge >= 0.3 is 0 Å². The zero-order chi connectivity index (χ0) is 22.2. The van der Waals surface area contributed by atoms with Crippen LogP contribution in [-0.2, 0) is 4.79 Å². The van der Waals surface area contributed by atoms with Crippen molar-refractivity contribution in [3.63, 3.8) is 0 Å². The maximum atomic E-state index is 12.8. The second-order valence-electron chi connectivity index (χ2n) is 6.84. The third-order valence-corrected chi connectivity index (χ3v) is 4.67. The molecule has 31 heavy (non-hydrogen) atoms. The topological polar surface area (TPSA) is 90.5 Å². The van der Waals surface area contributed by atoms with Crippen molar-refractivity contribution in [1.82, 2.24) is 5.32 Å². The van der Waals surface area contributed by atoms with Crippen LogP contribution in [0.5, 0.6) is 0 Å². The van der Waals surface area contributed by atoms with Crippen molar-refractivity contribution in [2.75, 3.05) is 36.2 Å². The van der Waals surface area contributed by atoms with Gasteiger partial charge < -0.3 is 20.9 Å². The molecule has 7 heteroatoms. The van der Waals surface area contributed by atoms with E-state index in [4.69, 9.17) is 0 Å². The summed E-state index contributed by atoms with van der Waals surface area (Å²) in [6, 6.07) is 23.0. The van der Waals surface area contributed by atoms with Gasteiger partial charge in [0.05, 0.1) is 6.54 Å². The summed E-state index contributed by atoms with van der Waals surface area (Å²) in [7, 11) is 3.28. The normalized spacial score (nSPS) is 10.1. The third-order valence-electron chi connectivity index (χ3n) is 4.67. The fourth-order valence-corrected chi connectivity index (χ4v) is 2.96. The third kappa shape index (κ3) is 5.70. The number of benzene rings is 3. The summed E-state index contributed by atoms with van der Waals surface area (Å²) in [6.45, 7) is 0.0431. The van der Waals surface area contributed by atoms with E-state index in [1.165, 1.54) is 0 Å². The zero-order valence-electron chi connectivity index (χ0n) is 17.4. The summed E-state index contributed by atoms with van der Waals surface area (Å²) in [4.78, 5) is 38.2. The number of amides is 3. The van der Waals surface area contributed by atoms with Crippen molar-refractivity contribution in [1.29, 1.82) is 0 Å². The van der Waals surface area contributed by atoms with Crippen LogP contribution in [0.3, 0.4) is 0 Å². The summed E-state index contributed by atoms with van der Waals surface area (Å²) in [5, 5.41) is 8.35. The Morgan fingerprint density at radius 1 is 0.806 bits per heavy atom. The van der Waals surface area contributed by atoms with Crippen molar-refractivity contribution in [3.05, 3.63) is 90.0 Å². The number of para-hydroxylation sites is 1. The molecule has 3 aromatic carbocycles. The number of rotatable bonds is 7. The van der Waals surface area contributed by atoms with Crippen molar-refractivity contribution in [2.24, 2.45) is 0 Å². The Hall–Kier alpha value is -4.13. The van der Waals surface area contributed by atoms with E-state index in [1.807, 2.05) is 30.3 Å². The number of hydrogen-bond acceptors (Lipinski definition) is 4. The lowest BCUT2D eigenvalue weighted by molar-refractivity contribution is -0.114. The van der Waals surface area contributed by atoms with Crippen LogP contribution in [0.15, 0.2) is 78.9 Å². The van der Waals surface area contributed by atoms with Crippen LogP contribution in [0.2, 0.25) is 0 Å². The number of nitrogens with zero attached hydrogens (tertiary/aromatic N) is 1. The maximum absolute atomic E-state index is 12.8. The molecule has 3 rings (SSSR count). The molecular formula is C24H24N4O3. The Morgan fingerprint density at radius 2 is 1.52 bits per heavy atom. The molecule has 0 atom stereocenters. The van der Waals surface area contributed by atoms with Crippen LogP contribution in [0.1, 0.15) is 20.7 Å². The Bertz CT molecular complexity index is 1070. The quantitative estimate of drug-likeness (QED) is 0.551.